The van der Waals surface area contributed by atoms with Crippen molar-refractivity contribution in [3.8, 4) is 0 Å². The molecule has 0 aliphatic carbocycles. The van der Waals surface area contributed by atoms with E-state index in [1.165, 1.54) is 0 Å². The molecule has 2 aliphatic rings. The Labute approximate surface area is 95.4 Å². The summed E-state index contributed by atoms with van der Waals surface area (Å²) in [5.41, 5.74) is 0. The molecule has 2 heterocycles. The number of carbonyl (C=O) groups is 1. The number of nitrogens with one attached hydrogen (secondary N) is 1. The Balaban J connectivity index is 1.84. The number of amides is 2. The van der Waals surface area contributed by atoms with Crippen LogP contribution in [0.1, 0.15) is 6.92 Å². The first-order chi connectivity index (χ1) is 7.33. The lowest BCUT2D eigenvalue weighted by Crippen LogP contribution is -2.49. The maximum absolute atomic E-state index is 11.9. The third kappa shape index (κ3) is 2.39. The average Bonchev–Trinajstić information content (AvgIpc) is 2.57. The molecule has 2 rings (SSSR count). The summed E-state index contributed by atoms with van der Waals surface area (Å²) in [5.74, 6) is 2.20. The van der Waals surface area contributed by atoms with Crippen LogP contribution >= 0.6 is 11.8 Å². The highest BCUT2D eigenvalue weighted by atomic mass is 32.2. The fourth-order valence-electron chi connectivity index (χ4n) is 2.20. The molecule has 5 heteroatoms. The van der Waals surface area contributed by atoms with E-state index in [0.717, 1.165) is 44.2 Å². The SMILES string of the molecule is CCSCCN1CC2CNCCN2C1=O. The molecule has 1 N–H and O–H groups in total. The van der Waals surface area contributed by atoms with Crippen molar-refractivity contribution in [1.29, 1.82) is 0 Å². The molecular weight excluding hydrogens is 210 g/mol. The molecular formula is C10H19N3OS. The first-order valence-corrected chi connectivity index (χ1v) is 6.82. The Morgan fingerprint density at radius 3 is 3.20 bits per heavy atom. The lowest BCUT2D eigenvalue weighted by Gasteiger charge is -2.28. The molecule has 2 saturated heterocycles. The molecule has 15 heavy (non-hydrogen) atoms. The topological polar surface area (TPSA) is 35.6 Å². The van der Waals surface area contributed by atoms with E-state index in [2.05, 4.69) is 12.2 Å². The summed E-state index contributed by atoms with van der Waals surface area (Å²) in [5, 5.41) is 3.34. The van der Waals surface area contributed by atoms with Gasteiger partial charge in [-0.25, -0.2) is 4.79 Å². The van der Waals surface area contributed by atoms with Crippen molar-refractivity contribution in [1.82, 2.24) is 15.1 Å². The molecule has 1 unspecified atom stereocenters. The van der Waals surface area contributed by atoms with Crippen molar-refractivity contribution < 1.29 is 4.79 Å². The van der Waals surface area contributed by atoms with Crippen LogP contribution in [0.15, 0.2) is 0 Å². The van der Waals surface area contributed by atoms with Crippen molar-refractivity contribution >= 4 is 17.8 Å². The smallest absolute Gasteiger partial charge is 0.320 e. The number of rotatable bonds is 4. The normalized spacial score (nSPS) is 25.9. The van der Waals surface area contributed by atoms with Crippen molar-refractivity contribution in [2.24, 2.45) is 0 Å². The summed E-state index contributed by atoms with van der Waals surface area (Å²) in [6.45, 7) is 6.76. The van der Waals surface area contributed by atoms with E-state index in [1.54, 1.807) is 0 Å². The summed E-state index contributed by atoms with van der Waals surface area (Å²) in [6.07, 6.45) is 0. The predicted octanol–water partition coefficient (Wildman–Crippen LogP) is 0.449. The summed E-state index contributed by atoms with van der Waals surface area (Å²) >= 11 is 1.90. The molecule has 0 spiro atoms. The number of urea groups is 1. The lowest BCUT2D eigenvalue weighted by molar-refractivity contribution is 0.180. The Bertz CT molecular complexity index is 237. The number of hydrogen-bond acceptors (Lipinski definition) is 3. The highest BCUT2D eigenvalue weighted by molar-refractivity contribution is 7.99. The van der Waals surface area contributed by atoms with Crippen molar-refractivity contribution in [3.05, 3.63) is 0 Å². The number of thioether (sulfide) groups is 1. The van der Waals surface area contributed by atoms with E-state index >= 15 is 0 Å². The Kier molecular flexibility index (Phi) is 3.75. The lowest BCUT2D eigenvalue weighted by atomic mass is 10.2. The van der Waals surface area contributed by atoms with Crippen LogP contribution in [0.3, 0.4) is 0 Å². The van der Waals surface area contributed by atoms with Crippen LogP contribution in [0.25, 0.3) is 0 Å². The molecule has 86 valence electrons. The predicted molar refractivity (Wildman–Crippen MR) is 63.3 cm³/mol. The molecule has 0 saturated carbocycles. The van der Waals surface area contributed by atoms with Crippen LogP contribution in [0.2, 0.25) is 0 Å². The second-order valence-corrected chi connectivity index (χ2v) is 5.37. The number of nitrogens with zero attached hydrogens (tertiary/aromatic N) is 2. The van der Waals surface area contributed by atoms with Gasteiger partial charge in [-0.3, -0.25) is 0 Å². The standard InChI is InChI=1S/C10H19N3OS/c1-2-15-6-5-12-8-9-7-11-3-4-13(9)10(12)14/h9,11H,2-8H2,1H3. The maximum Gasteiger partial charge on any atom is 0.320 e. The summed E-state index contributed by atoms with van der Waals surface area (Å²) in [6, 6.07) is 0.663. The minimum absolute atomic E-state index is 0.248. The number of carbonyl (C=O) groups excluding carboxylic acids is 1. The highest BCUT2D eigenvalue weighted by Crippen LogP contribution is 2.17. The van der Waals surface area contributed by atoms with Crippen LogP contribution in [0, 0.1) is 0 Å². The van der Waals surface area contributed by atoms with Gasteiger partial charge in [0.15, 0.2) is 0 Å². The third-order valence-corrected chi connectivity index (χ3v) is 3.89. The average molecular weight is 229 g/mol. The molecule has 2 aliphatic heterocycles. The molecule has 0 aromatic heterocycles. The van der Waals surface area contributed by atoms with Crippen molar-refractivity contribution in [3.63, 3.8) is 0 Å². The fraction of sp³-hybridized carbons (Fsp3) is 0.900. The fourth-order valence-corrected chi connectivity index (χ4v) is 2.83. The van der Waals surface area contributed by atoms with Gasteiger partial charge in [-0.2, -0.15) is 11.8 Å². The molecule has 2 amide bonds. The van der Waals surface area contributed by atoms with Gasteiger partial charge >= 0.3 is 6.03 Å². The Morgan fingerprint density at radius 1 is 1.60 bits per heavy atom. The maximum atomic E-state index is 11.9. The number of piperazine rings is 1. The molecule has 0 aromatic rings. The minimum atomic E-state index is 0.248. The Morgan fingerprint density at radius 2 is 2.47 bits per heavy atom. The summed E-state index contributed by atoms with van der Waals surface area (Å²) in [4.78, 5) is 16.0. The number of hydrogen-bond donors (Lipinski definition) is 1. The zero-order valence-corrected chi connectivity index (χ0v) is 10.1. The second-order valence-electron chi connectivity index (χ2n) is 3.98. The molecule has 0 bridgehead atoms. The first kappa shape index (κ1) is 11.1. The first-order valence-electron chi connectivity index (χ1n) is 5.67. The largest absolute Gasteiger partial charge is 0.322 e. The van der Waals surface area contributed by atoms with Crippen molar-refractivity contribution in [2.75, 3.05) is 44.2 Å². The Hall–Kier alpha value is -0.420. The van der Waals surface area contributed by atoms with E-state index in [-0.39, 0.29) is 6.03 Å². The van der Waals surface area contributed by atoms with Crippen LogP contribution in [-0.2, 0) is 0 Å². The van der Waals surface area contributed by atoms with E-state index in [0.29, 0.717) is 6.04 Å². The molecule has 4 nitrogen and oxygen atoms in total. The van der Waals surface area contributed by atoms with Gasteiger partial charge in [0.1, 0.15) is 0 Å². The monoisotopic (exact) mass is 229 g/mol. The van der Waals surface area contributed by atoms with Gasteiger partial charge in [-0.15, -0.1) is 0 Å². The third-order valence-electron chi connectivity index (χ3n) is 3.01. The van der Waals surface area contributed by atoms with E-state index in [1.807, 2.05) is 21.6 Å². The highest BCUT2D eigenvalue weighted by Gasteiger charge is 2.37. The van der Waals surface area contributed by atoms with Gasteiger partial charge in [-0.1, -0.05) is 6.92 Å². The van der Waals surface area contributed by atoms with Gasteiger partial charge in [-0.05, 0) is 5.75 Å². The van der Waals surface area contributed by atoms with E-state index < -0.39 is 0 Å². The molecule has 0 radical (unpaired) electrons. The van der Waals surface area contributed by atoms with Gasteiger partial charge < -0.3 is 15.1 Å². The van der Waals surface area contributed by atoms with Crippen LogP contribution in [0.4, 0.5) is 4.79 Å². The second kappa shape index (κ2) is 5.07. The number of fused-ring (bicyclic) bond motifs is 1. The van der Waals surface area contributed by atoms with Crippen LogP contribution in [-0.4, -0.2) is 66.1 Å². The summed E-state index contributed by atoms with van der Waals surface area (Å²) in [7, 11) is 0. The van der Waals surface area contributed by atoms with Crippen LogP contribution in [0.5, 0.6) is 0 Å². The van der Waals surface area contributed by atoms with Gasteiger partial charge in [0.25, 0.3) is 0 Å². The van der Waals surface area contributed by atoms with Crippen LogP contribution < -0.4 is 5.32 Å². The molecule has 0 aromatic carbocycles. The zero-order chi connectivity index (χ0) is 10.7. The van der Waals surface area contributed by atoms with Gasteiger partial charge in [0, 0.05) is 38.5 Å². The van der Waals surface area contributed by atoms with Gasteiger partial charge in [0.05, 0.1) is 6.04 Å². The zero-order valence-electron chi connectivity index (χ0n) is 9.24. The van der Waals surface area contributed by atoms with Crippen molar-refractivity contribution in [2.45, 2.75) is 13.0 Å². The van der Waals surface area contributed by atoms with E-state index in [9.17, 15) is 4.79 Å². The van der Waals surface area contributed by atoms with Gasteiger partial charge in [0.2, 0.25) is 0 Å². The summed E-state index contributed by atoms with van der Waals surface area (Å²) < 4.78 is 0. The molecule has 1 atom stereocenters. The quantitative estimate of drug-likeness (QED) is 0.711. The molecule has 2 fully saturated rings. The van der Waals surface area contributed by atoms with E-state index in [4.69, 9.17) is 0 Å². The minimum Gasteiger partial charge on any atom is -0.322 e.